The van der Waals surface area contributed by atoms with Gasteiger partial charge in [0.1, 0.15) is 5.75 Å². The molecule has 0 radical (unpaired) electrons. The van der Waals surface area contributed by atoms with Gasteiger partial charge in [-0.3, -0.25) is 0 Å². The Balaban J connectivity index is 5.19. The van der Waals surface area contributed by atoms with Crippen LogP contribution in [0, 0.1) is 11.3 Å². The predicted molar refractivity (Wildman–Crippen MR) is 87.8 cm³/mol. The van der Waals surface area contributed by atoms with Crippen molar-refractivity contribution in [3.8, 4) is 0 Å². The van der Waals surface area contributed by atoms with Gasteiger partial charge in [-0.15, -0.1) is 0 Å². The van der Waals surface area contributed by atoms with E-state index in [1.165, 1.54) is 10.6 Å². The van der Waals surface area contributed by atoms with Gasteiger partial charge in [-0.25, -0.2) is 8.42 Å². The van der Waals surface area contributed by atoms with Gasteiger partial charge in [0.25, 0.3) is 0 Å². The number of rotatable bonds is 6. The summed E-state index contributed by atoms with van der Waals surface area (Å²) < 4.78 is 37.1. The lowest BCUT2D eigenvalue weighted by Gasteiger charge is -2.37. The van der Waals surface area contributed by atoms with E-state index < -0.39 is 26.7 Å². The Kier molecular flexibility index (Phi) is 7.06. The maximum absolute atomic E-state index is 12.0. The summed E-state index contributed by atoms with van der Waals surface area (Å²) in [5.41, 5.74) is -0.371. The molecule has 0 saturated heterocycles. The molecule has 2 atom stereocenters. The van der Waals surface area contributed by atoms with Crippen molar-refractivity contribution in [3.05, 3.63) is 0 Å². The second-order valence-corrected chi connectivity index (χ2v) is 11.2. The minimum absolute atomic E-state index is 0.0884. The highest BCUT2D eigenvalue weighted by molar-refractivity contribution is 7.90. The third kappa shape index (κ3) is 8.49. The molecule has 20 heavy (non-hydrogen) atoms. The zero-order valence-electron chi connectivity index (χ0n) is 14.2. The van der Waals surface area contributed by atoms with Crippen LogP contribution in [0.1, 0.15) is 48.0 Å². The molecule has 4 nitrogen and oxygen atoms in total. The first-order valence-electron chi connectivity index (χ1n) is 6.91. The quantitative estimate of drug-likeness (QED) is 0.705. The average Bonchev–Trinajstić information content (AvgIpc) is 2.06. The van der Waals surface area contributed by atoms with Gasteiger partial charge in [-0.2, -0.15) is 4.31 Å². The first kappa shape index (κ1) is 20.2. The highest BCUT2D eigenvalue weighted by Crippen LogP contribution is 2.28. The molecule has 0 N–H and O–H groups in total. The summed E-state index contributed by atoms with van der Waals surface area (Å²) in [7, 11) is -3.27. The molecule has 0 heterocycles. The van der Waals surface area contributed by atoms with Gasteiger partial charge in [-0.1, -0.05) is 31.9 Å². The molecule has 122 valence electrons. The van der Waals surface area contributed by atoms with Crippen LogP contribution in [0.15, 0.2) is 0 Å². The molecule has 0 aromatic rings. The number of nitrogens with zero attached hydrogens (tertiary/aromatic N) is 1. The fourth-order valence-corrected chi connectivity index (χ4v) is 4.88. The van der Waals surface area contributed by atoms with E-state index in [-0.39, 0.29) is 11.3 Å². The van der Waals surface area contributed by atoms with E-state index in [1.54, 1.807) is 6.26 Å². The third-order valence-electron chi connectivity index (χ3n) is 2.94. The Labute approximate surface area is 128 Å². The van der Waals surface area contributed by atoms with E-state index >= 15 is 0 Å². The van der Waals surface area contributed by atoms with Crippen LogP contribution in [0.4, 0.5) is 0 Å². The van der Waals surface area contributed by atoms with Crippen LogP contribution in [-0.4, -0.2) is 47.6 Å². The van der Waals surface area contributed by atoms with E-state index in [0.29, 0.717) is 12.3 Å². The van der Waals surface area contributed by atoms with Crippen molar-refractivity contribution in [2.45, 2.75) is 53.5 Å². The highest BCUT2D eigenvalue weighted by Gasteiger charge is 2.34. The molecule has 0 fully saturated rings. The molecule has 0 aliphatic rings. The number of sulfonamides is 1. The Hall–Kier alpha value is 0.220. The molecule has 0 bridgehead atoms. The Morgan fingerprint density at radius 1 is 1.15 bits per heavy atom. The summed E-state index contributed by atoms with van der Waals surface area (Å²) >= 11 is -0.922. The van der Waals surface area contributed by atoms with Crippen LogP contribution in [0.25, 0.3) is 0 Å². The van der Waals surface area contributed by atoms with Crippen molar-refractivity contribution < 1.29 is 13.0 Å². The van der Waals surface area contributed by atoms with Crippen LogP contribution in [0.2, 0.25) is 0 Å². The van der Waals surface area contributed by atoms with Crippen molar-refractivity contribution in [2.75, 3.05) is 24.8 Å². The Morgan fingerprint density at radius 3 is 1.85 bits per heavy atom. The summed E-state index contributed by atoms with van der Waals surface area (Å²) in [6.07, 6.45) is 3.78. The topological polar surface area (TPSA) is 60.4 Å². The van der Waals surface area contributed by atoms with Gasteiger partial charge >= 0.3 is 0 Å². The smallest absolute Gasteiger partial charge is 0.211 e. The highest BCUT2D eigenvalue weighted by atomic mass is 32.2. The normalized spacial score (nSPS) is 17.3. The van der Waals surface area contributed by atoms with Crippen molar-refractivity contribution in [1.29, 1.82) is 0 Å². The zero-order valence-corrected chi connectivity index (χ0v) is 15.8. The second kappa shape index (κ2) is 6.99. The molecular weight excluding hydrogens is 294 g/mol. The SMILES string of the molecule is C[S@+]([O-])CC(CN(C(C)(C)C)S(C)(=O)=O)CC(C)(C)C. The maximum atomic E-state index is 12.0. The maximum Gasteiger partial charge on any atom is 0.211 e. The van der Waals surface area contributed by atoms with Gasteiger partial charge in [0.15, 0.2) is 0 Å². The molecule has 0 amide bonds. The van der Waals surface area contributed by atoms with Crippen LogP contribution in [-0.2, 0) is 21.2 Å². The first-order valence-corrected chi connectivity index (χ1v) is 10.5. The van der Waals surface area contributed by atoms with Gasteiger partial charge in [0.2, 0.25) is 10.0 Å². The van der Waals surface area contributed by atoms with Crippen molar-refractivity contribution in [3.63, 3.8) is 0 Å². The van der Waals surface area contributed by atoms with Gasteiger partial charge in [0.05, 0.1) is 12.5 Å². The lowest BCUT2D eigenvalue weighted by Crippen LogP contribution is -2.48. The Bertz CT molecular complexity index is 392. The number of hydrogen-bond donors (Lipinski definition) is 0. The van der Waals surface area contributed by atoms with Crippen LogP contribution < -0.4 is 0 Å². The molecule has 0 aliphatic heterocycles. The van der Waals surface area contributed by atoms with E-state index in [9.17, 15) is 13.0 Å². The van der Waals surface area contributed by atoms with Crippen molar-refractivity contribution in [2.24, 2.45) is 11.3 Å². The van der Waals surface area contributed by atoms with E-state index in [2.05, 4.69) is 20.8 Å². The molecule has 0 saturated carbocycles. The molecular formula is C14H31NO3S2. The lowest BCUT2D eigenvalue weighted by molar-refractivity contribution is 0.196. The standard InChI is InChI=1S/C14H31NO3S2/c1-13(2,3)9-12(11-19(7)16)10-15(14(4,5)6)20(8,17)18/h12H,9-11H2,1-8H3/t12?,19-/m0/s1. The van der Waals surface area contributed by atoms with Crippen molar-refractivity contribution >= 4 is 21.2 Å². The van der Waals surface area contributed by atoms with E-state index in [4.69, 9.17) is 0 Å². The number of hydrogen-bond acceptors (Lipinski definition) is 3. The van der Waals surface area contributed by atoms with Crippen LogP contribution in [0.5, 0.6) is 0 Å². The van der Waals surface area contributed by atoms with Gasteiger partial charge < -0.3 is 4.55 Å². The fraction of sp³-hybridized carbons (Fsp3) is 1.00. The molecule has 0 aromatic heterocycles. The molecule has 0 spiro atoms. The van der Waals surface area contributed by atoms with Gasteiger partial charge in [-0.05, 0) is 32.6 Å². The average molecular weight is 326 g/mol. The molecule has 1 unspecified atom stereocenters. The van der Waals surface area contributed by atoms with Gasteiger partial charge in [0, 0.05) is 18.0 Å². The van der Waals surface area contributed by atoms with Crippen molar-refractivity contribution in [1.82, 2.24) is 4.31 Å². The molecule has 0 rings (SSSR count). The molecule has 0 aromatic carbocycles. The molecule has 0 aliphatic carbocycles. The fourth-order valence-electron chi connectivity index (χ4n) is 2.52. The largest absolute Gasteiger partial charge is 0.617 e. The third-order valence-corrected chi connectivity index (χ3v) is 5.38. The second-order valence-electron chi connectivity index (χ2n) is 7.84. The summed E-state index contributed by atoms with van der Waals surface area (Å²) in [4.78, 5) is 0. The zero-order chi connectivity index (χ0) is 16.4. The summed E-state index contributed by atoms with van der Waals surface area (Å²) in [5.74, 6) is 0.647. The molecule has 6 heteroatoms. The minimum Gasteiger partial charge on any atom is -0.617 e. The first-order chi connectivity index (χ1) is 8.63. The van der Waals surface area contributed by atoms with E-state index in [0.717, 1.165) is 6.42 Å². The predicted octanol–water partition coefficient (Wildman–Crippen LogP) is 2.48. The summed E-state index contributed by atoms with van der Waals surface area (Å²) in [5, 5.41) is 0. The lowest BCUT2D eigenvalue weighted by atomic mass is 9.85. The van der Waals surface area contributed by atoms with Crippen LogP contribution in [0.3, 0.4) is 0 Å². The van der Waals surface area contributed by atoms with Crippen LogP contribution >= 0.6 is 0 Å². The summed E-state index contributed by atoms with van der Waals surface area (Å²) in [6, 6.07) is 0. The van der Waals surface area contributed by atoms with E-state index in [1.807, 2.05) is 20.8 Å². The minimum atomic E-state index is -3.27. The summed E-state index contributed by atoms with van der Waals surface area (Å²) in [6.45, 7) is 12.5. The Morgan fingerprint density at radius 2 is 1.60 bits per heavy atom. The monoisotopic (exact) mass is 325 g/mol.